The highest BCUT2D eigenvalue weighted by atomic mass is 35.5. The van der Waals surface area contributed by atoms with Crippen molar-refractivity contribution in [2.75, 3.05) is 0 Å². The number of Topliss-reactive ketones (excluding diaryl/α,β-unsaturated/α-hetero) is 1. The van der Waals surface area contributed by atoms with E-state index in [0.717, 1.165) is 11.3 Å². The zero-order valence-corrected chi connectivity index (χ0v) is 11.5. The molecule has 0 unspecified atom stereocenters. The molecule has 2 aromatic rings. The number of benzene rings is 1. The lowest BCUT2D eigenvalue weighted by atomic mass is 10.1. The number of nitrogens with zero attached hydrogens (tertiary/aromatic N) is 1. The van der Waals surface area contributed by atoms with Gasteiger partial charge in [-0.15, -0.1) is 0 Å². The molecule has 18 heavy (non-hydrogen) atoms. The van der Waals surface area contributed by atoms with Gasteiger partial charge in [0.1, 0.15) is 10.5 Å². The maximum Gasteiger partial charge on any atom is 0.164 e. The summed E-state index contributed by atoms with van der Waals surface area (Å²) < 4.78 is 0.323. The molecule has 0 aliphatic rings. The van der Waals surface area contributed by atoms with Crippen LogP contribution in [0.2, 0.25) is 5.02 Å². The van der Waals surface area contributed by atoms with Gasteiger partial charge in [0.15, 0.2) is 5.78 Å². The predicted octanol–water partition coefficient (Wildman–Crippen LogP) is 3.97. The minimum absolute atomic E-state index is 0.0797. The van der Waals surface area contributed by atoms with Crippen LogP contribution in [0, 0.1) is 11.6 Å². The van der Waals surface area contributed by atoms with E-state index in [-0.39, 0.29) is 5.78 Å². The number of H-pyrrole nitrogens is 1. The van der Waals surface area contributed by atoms with Crippen LogP contribution >= 0.6 is 23.8 Å². The second-order valence-electron chi connectivity index (χ2n) is 3.95. The smallest absolute Gasteiger partial charge is 0.164 e. The third-order valence-electron chi connectivity index (χ3n) is 2.58. The SMILES string of the molecule is CC(=O)c1c(C)[nH]c(-c2ccc(Cl)cc2)nc1=S. The number of nitrogens with one attached hydrogen (secondary N) is 1. The summed E-state index contributed by atoms with van der Waals surface area (Å²) in [5.41, 5.74) is 2.08. The Hall–Kier alpha value is -1.52. The second-order valence-corrected chi connectivity index (χ2v) is 4.78. The Labute approximate surface area is 115 Å². The molecular weight excluding hydrogens is 268 g/mol. The molecule has 2 rings (SSSR count). The number of carbonyl (C=O) groups excluding carboxylic acids is 1. The van der Waals surface area contributed by atoms with Crippen LogP contribution < -0.4 is 0 Å². The van der Waals surface area contributed by atoms with Gasteiger partial charge in [-0.25, -0.2) is 4.98 Å². The molecule has 1 aromatic carbocycles. The topological polar surface area (TPSA) is 45.8 Å². The largest absolute Gasteiger partial charge is 0.343 e. The Morgan fingerprint density at radius 2 is 1.94 bits per heavy atom. The van der Waals surface area contributed by atoms with Gasteiger partial charge in [-0.3, -0.25) is 4.79 Å². The number of aromatic amines is 1. The number of halogens is 1. The van der Waals surface area contributed by atoms with Crippen LogP contribution in [0.15, 0.2) is 24.3 Å². The molecule has 0 bridgehead atoms. The van der Waals surface area contributed by atoms with Gasteiger partial charge in [0.25, 0.3) is 0 Å². The Bertz CT molecular complexity index is 662. The fourth-order valence-corrected chi connectivity index (χ4v) is 2.26. The van der Waals surface area contributed by atoms with Crippen LogP contribution in [0.25, 0.3) is 11.4 Å². The molecule has 0 atom stereocenters. The van der Waals surface area contributed by atoms with E-state index in [1.165, 1.54) is 6.92 Å². The molecule has 0 radical (unpaired) electrons. The molecule has 1 heterocycles. The molecule has 0 aliphatic heterocycles. The first-order valence-electron chi connectivity index (χ1n) is 5.37. The highest BCUT2D eigenvalue weighted by Crippen LogP contribution is 2.19. The van der Waals surface area contributed by atoms with E-state index in [1.54, 1.807) is 12.1 Å². The fraction of sp³-hybridized carbons (Fsp3) is 0.154. The van der Waals surface area contributed by atoms with Crippen molar-refractivity contribution in [2.45, 2.75) is 13.8 Å². The van der Waals surface area contributed by atoms with E-state index in [9.17, 15) is 4.79 Å². The summed E-state index contributed by atoms with van der Waals surface area (Å²) in [5.74, 6) is 0.558. The number of carbonyl (C=O) groups is 1. The Kier molecular flexibility index (Phi) is 3.59. The normalized spacial score (nSPS) is 10.4. The minimum Gasteiger partial charge on any atom is -0.343 e. The molecule has 0 amide bonds. The summed E-state index contributed by atoms with van der Waals surface area (Å²) in [7, 11) is 0. The molecule has 3 nitrogen and oxygen atoms in total. The second kappa shape index (κ2) is 5.00. The van der Waals surface area contributed by atoms with E-state index in [4.69, 9.17) is 23.8 Å². The number of aryl methyl sites for hydroxylation is 1. The average molecular weight is 279 g/mol. The first-order chi connectivity index (χ1) is 8.49. The number of ketones is 1. The van der Waals surface area contributed by atoms with Gasteiger partial charge >= 0.3 is 0 Å². The highest BCUT2D eigenvalue weighted by molar-refractivity contribution is 7.71. The van der Waals surface area contributed by atoms with Crippen molar-refractivity contribution >= 4 is 29.6 Å². The van der Waals surface area contributed by atoms with Gasteiger partial charge in [-0.1, -0.05) is 23.8 Å². The summed E-state index contributed by atoms with van der Waals surface area (Å²) >= 11 is 11.0. The Balaban J connectivity index is 2.58. The molecule has 1 N–H and O–H groups in total. The van der Waals surface area contributed by atoms with Crippen molar-refractivity contribution in [3.05, 3.63) is 45.2 Å². The van der Waals surface area contributed by atoms with Crippen LogP contribution in [-0.4, -0.2) is 15.8 Å². The van der Waals surface area contributed by atoms with Gasteiger partial charge in [0, 0.05) is 16.3 Å². The van der Waals surface area contributed by atoms with Crippen molar-refractivity contribution in [3.63, 3.8) is 0 Å². The van der Waals surface area contributed by atoms with Crippen molar-refractivity contribution in [3.8, 4) is 11.4 Å². The summed E-state index contributed by atoms with van der Waals surface area (Å²) in [6, 6.07) is 7.26. The van der Waals surface area contributed by atoms with Gasteiger partial charge in [-0.05, 0) is 38.1 Å². The molecule has 0 aliphatic carbocycles. The molecule has 0 spiro atoms. The molecule has 0 fully saturated rings. The maximum atomic E-state index is 11.4. The molecule has 5 heteroatoms. The predicted molar refractivity (Wildman–Crippen MR) is 74.6 cm³/mol. The molecule has 1 aromatic heterocycles. The van der Waals surface area contributed by atoms with Crippen LogP contribution in [0.3, 0.4) is 0 Å². The minimum atomic E-state index is -0.0797. The number of hydrogen-bond donors (Lipinski definition) is 1. The molecule has 92 valence electrons. The Morgan fingerprint density at radius 3 is 2.44 bits per heavy atom. The summed E-state index contributed by atoms with van der Waals surface area (Å²) in [6.07, 6.45) is 0. The van der Waals surface area contributed by atoms with E-state index in [1.807, 2.05) is 19.1 Å². The maximum absolute atomic E-state index is 11.4. The van der Waals surface area contributed by atoms with Crippen LogP contribution in [0.1, 0.15) is 23.0 Å². The first-order valence-corrected chi connectivity index (χ1v) is 6.15. The number of aromatic nitrogens is 2. The molecular formula is C13H11ClN2OS. The third-order valence-corrected chi connectivity index (χ3v) is 3.13. The quantitative estimate of drug-likeness (QED) is 0.668. The van der Waals surface area contributed by atoms with Crippen LogP contribution in [0.5, 0.6) is 0 Å². The van der Waals surface area contributed by atoms with Crippen molar-refractivity contribution in [1.82, 2.24) is 9.97 Å². The fourth-order valence-electron chi connectivity index (χ4n) is 1.75. The first kappa shape index (κ1) is 12.9. The summed E-state index contributed by atoms with van der Waals surface area (Å²) in [5, 5.41) is 0.662. The average Bonchev–Trinajstić information content (AvgIpc) is 2.28. The lowest BCUT2D eigenvalue weighted by Gasteiger charge is -2.07. The zero-order chi connectivity index (χ0) is 13.3. The van der Waals surface area contributed by atoms with E-state index < -0.39 is 0 Å². The van der Waals surface area contributed by atoms with Gasteiger partial charge in [0.2, 0.25) is 0 Å². The Morgan fingerprint density at radius 1 is 1.33 bits per heavy atom. The lowest BCUT2D eigenvalue weighted by Crippen LogP contribution is -2.04. The summed E-state index contributed by atoms with van der Waals surface area (Å²) in [6.45, 7) is 3.29. The lowest BCUT2D eigenvalue weighted by molar-refractivity contribution is 0.101. The van der Waals surface area contributed by atoms with Gasteiger partial charge in [-0.2, -0.15) is 0 Å². The third kappa shape index (κ3) is 2.49. The summed E-state index contributed by atoms with van der Waals surface area (Å²) in [4.78, 5) is 18.8. The number of rotatable bonds is 2. The van der Waals surface area contributed by atoms with Crippen LogP contribution in [-0.2, 0) is 0 Å². The van der Waals surface area contributed by atoms with E-state index in [2.05, 4.69) is 9.97 Å². The monoisotopic (exact) mass is 278 g/mol. The zero-order valence-electron chi connectivity index (χ0n) is 9.95. The standard InChI is InChI=1S/C13H11ClN2OS/c1-7-11(8(2)17)13(18)16-12(15-7)9-3-5-10(14)6-4-9/h3-6H,1-2H3,(H,15,16,18). The van der Waals surface area contributed by atoms with Crippen molar-refractivity contribution in [2.24, 2.45) is 0 Å². The molecule has 0 saturated carbocycles. The van der Waals surface area contributed by atoms with Gasteiger partial charge < -0.3 is 4.98 Å². The van der Waals surface area contributed by atoms with E-state index in [0.29, 0.717) is 21.1 Å². The van der Waals surface area contributed by atoms with Crippen LogP contribution in [0.4, 0.5) is 0 Å². The van der Waals surface area contributed by atoms with Gasteiger partial charge in [0.05, 0.1) is 5.56 Å². The van der Waals surface area contributed by atoms with E-state index >= 15 is 0 Å². The highest BCUT2D eigenvalue weighted by Gasteiger charge is 2.10. The molecule has 0 saturated heterocycles. The van der Waals surface area contributed by atoms with Crippen molar-refractivity contribution in [1.29, 1.82) is 0 Å². The van der Waals surface area contributed by atoms with Crippen molar-refractivity contribution < 1.29 is 4.79 Å². The number of hydrogen-bond acceptors (Lipinski definition) is 3.